The van der Waals surface area contributed by atoms with Crippen molar-refractivity contribution in [2.45, 2.75) is 29.5 Å². The van der Waals surface area contributed by atoms with Gasteiger partial charge in [-0.1, -0.05) is 41.1 Å². The highest BCUT2D eigenvalue weighted by molar-refractivity contribution is 9.09. The molecule has 3 heteroatoms. The van der Waals surface area contributed by atoms with Gasteiger partial charge >= 0.3 is 0 Å². The fraction of sp³-hybridized carbons (Fsp3) is 0.538. The maximum Gasteiger partial charge on any atom is 0.0155 e. The molecule has 1 rings (SSSR count). The molecule has 90 valence electrons. The van der Waals surface area contributed by atoms with Crippen molar-refractivity contribution in [3.05, 3.63) is 30.3 Å². The minimum absolute atomic E-state index is 0.668. The van der Waals surface area contributed by atoms with E-state index in [1.807, 2.05) is 11.8 Å². The van der Waals surface area contributed by atoms with Crippen LogP contribution in [0.4, 0.5) is 0 Å². The van der Waals surface area contributed by atoms with Gasteiger partial charge in [0.1, 0.15) is 0 Å². The number of thioether (sulfide) groups is 1. The number of benzene rings is 1. The molecule has 0 radical (unpaired) electrons. The van der Waals surface area contributed by atoms with Crippen LogP contribution in [0.25, 0.3) is 0 Å². The zero-order valence-electron chi connectivity index (χ0n) is 9.79. The highest BCUT2D eigenvalue weighted by atomic mass is 79.9. The van der Waals surface area contributed by atoms with Crippen LogP contribution < -0.4 is 5.32 Å². The normalized spacial score (nSPS) is 12.6. The second-order valence-electron chi connectivity index (χ2n) is 3.71. The van der Waals surface area contributed by atoms with Crippen LogP contribution in [0.5, 0.6) is 0 Å². The number of halogens is 1. The molecule has 0 aliphatic heterocycles. The predicted molar refractivity (Wildman–Crippen MR) is 77.7 cm³/mol. The quantitative estimate of drug-likeness (QED) is 0.443. The highest BCUT2D eigenvalue weighted by Gasteiger charge is 1.99. The molecule has 0 heterocycles. The molecule has 0 bridgehead atoms. The molecule has 0 spiro atoms. The summed E-state index contributed by atoms with van der Waals surface area (Å²) in [4.78, 5) is 2.03. The standard InChI is InChI=1S/C13H20BrNS/c1-2-12(14)8-9-15-10-11-16-13-6-4-3-5-7-13/h3-7,12,15H,2,8-11H2,1H3. The molecule has 0 saturated carbocycles. The summed E-state index contributed by atoms with van der Waals surface area (Å²) >= 11 is 5.55. The topological polar surface area (TPSA) is 12.0 Å². The third-order valence-electron chi connectivity index (χ3n) is 2.37. The fourth-order valence-electron chi connectivity index (χ4n) is 1.35. The summed E-state index contributed by atoms with van der Waals surface area (Å²) in [7, 11) is 0. The first kappa shape index (κ1) is 14.1. The van der Waals surface area contributed by atoms with E-state index >= 15 is 0 Å². The first-order valence-corrected chi connectivity index (χ1v) is 7.75. The van der Waals surface area contributed by atoms with Gasteiger partial charge in [0, 0.05) is 22.0 Å². The van der Waals surface area contributed by atoms with Gasteiger partial charge in [0.25, 0.3) is 0 Å². The molecule has 1 aromatic carbocycles. The third kappa shape index (κ3) is 6.56. The van der Waals surface area contributed by atoms with E-state index in [1.54, 1.807) is 0 Å². The highest BCUT2D eigenvalue weighted by Crippen LogP contribution is 2.15. The Kier molecular flexibility index (Phi) is 7.99. The molecule has 1 unspecified atom stereocenters. The number of nitrogens with one attached hydrogen (secondary N) is 1. The predicted octanol–water partition coefficient (Wildman–Crippen LogP) is 3.93. The van der Waals surface area contributed by atoms with E-state index in [9.17, 15) is 0 Å². The number of hydrogen-bond acceptors (Lipinski definition) is 2. The Morgan fingerprint density at radius 3 is 2.69 bits per heavy atom. The second-order valence-corrected chi connectivity index (χ2v) is 6.17. The largest absolute Gasteiger partial charge is 0.316 e. The van der Waals surface area contributed by atoms with E-state index in [-0.39, 0.29) is 0 Å². The van der Waals surface area contributed by atoms with Crippen molar-refractivity contribution in [1.29, 1.82) is 0 Å². The van der Waals surface area contributed by atoms with Crippen LogP contribution in [0.15, 0.2) is 35.2 Å². The van der Waals surface area contributed by atoms with Gasteiger partial charge in [-0.25, -0.2) is 0 Å². The first-order valence-electron chi connectivity index (χ1n) is 5.85. The summed E-state index contributed by atoms with van der Waals surface area (Å²) in [5.74, 6) is 1.14. The van der Waals surface area contributed by atoms with Crippen LogP contribution in [-0.4, -0.2) is 23.7 Å². The summed E-state index contributed by atoms with van der Waals surface area (Å²) in [6, 6.07) is 10.6. The van der Waals surface area contributed by atoms with E-state index in [1.165, 1.54) is 17.7 Å². The molecule has 0 aliphatic rings. The van der Waals surface area contributed by atoms with Crippen molar-refractivity contribution in [2.24, 2.45) is 0 Å². The maximum atomic E-state index is 3.64. The summed E-state index contributed by atoms with van der Waals surface area (Å²) in [5, 5.41) is 3.47. The van der Waals surface area contributed by atoms with Crippen LogP contribution >= 0.6 is 27.7 Å². The lowest BCUT2D eigenvalue weighted by molar-refractivity contribution is 0.651. The maximum absolute atomic E-state index is 3.64. The van der Waals surface area contributed by atoms with E-state index in [4.69, 9.17) is 0 Å². The number of alkyl halides is 1. The molecule has 0 fully saturated rings. The number of hydrogen-bond donors (Lipinski definition) is 1. The Morgan fingerprint density at radius 1 is 1.25 bits per heavy atom. The van der Waals surface area contributed by atoms with Crippen molar-refractivity contribution in [3.63, 3.8) is 0 Å². The van der Waals surface area contributed by atoms with E-state index < -0.39 is 0 Å². The fourth-order valence-corrected chi connectivity index (χ4v) is 2.41. The van der Waals surface area contributed by atoms with Gasteiger partial charge in [0.15, 0.2) is 0 Å². The molecule has 0 saturated heterocycles. The average molecular weight is 302 g/mol. The molecule has 1 aromatic rings. The van der Waals surface area contributed by atoms with Crippen LogP contribution in [-0.2, 0) is 0 Å². The van der Waals surface area contributed by atoms with Crippen molar-refractivity contribution < 1.29 is 0 Å². The molecule has 1 atom stereocenters. The van der Waals surface area contributed by atoms with Gasteiger partial charge in [-0.2, -0.15) is 0 Å². The Labute approximate surface area is 112 Å². The van der Waals surface area contributed by atoms with Gasteiger partial charge < -0.3 is 5.32 Å². The van der Waals surface area contributed by atoms with Crippen molar-refractivity contribution >= 4 is 27.7 Å². The first-order chi connectivity index (χ1) is 7.83. The van der Waals surface area contributed by atoms with Crippen LogP contribution in [0.1, 0.15) is 19.8 Å². The van der Waals surface area contributed by atoms with Gasteiger partial charge in [-0.3, -0.25) is 0 Å². The van der Waals surface area contributed by atoms with Crippen LogP contribution in [0.2, 0.25) is 0 Å². The number of rotatable bonds is 8. The molecular weight excluding hydrogens is 282 g/mol. The molecule has 0 aromatic heterocycles. The third-order valence-corrected chi connectivity index (χ3v) is 4.49. The molecular formula is C13H20BrNS. The zero-order chi connectivity index (χ0) is 11.6. The minimum Gasteiger partial charge on any atom is -0.316 e. The van der Waals surface area contributed by atoms with Crippen LogP contribution in [0.3, 0.4) is 0 Å². The van der Waals surface area contributed by atoms with Gasteiger partial charge in [-0.05, 0) is 31.5 Å². The average Bonchev–Trinajstić information content (AvgIpc) is 2.34. The summed E-state index contributed by atoms with van der Waals surface area (Å²) in [6.45, 7) is 4.41. The molecule has 1 N–H and O–H groups in total. The Balaban J connectivity index is 1.96. The van der Waals surface area contributed by atoms with Crippen molar-refractivity contribution in [2.75, 3.05) is 18.8 Å². The van der Waals surface area contributed by atoms with Crippen LogP contribution in [0, 0.1) is 0 Å². The zero-order valence-corrected chi connectivity index (χ0v) is 12.2. The lowest BCUT2D eigenvalue weighted by Gasteiger charge is -2.07. The monoisotopic (exact) mass is 301 g/mol. The Bertz CT molecular complexity index is 266. The summed E-state index contributed by atoms with van der Waals surface area (Å²) < 4.78 is 0. The molecule has 0 aliphatic carbocycles. The van der Waals surface area contributed by atoms with Crippen molar-refractivity contribution in [3.8, 4) is 0 Å². The molecule has 0 amide bonds. The minimum atomic E-state index is 0.668. The smallest absolute Gasteiger partial charge is 0.0155 e. The van der Waals surface area contributed by atoms with Gasteiger partial charge in [-0.15, -0.1) is 11.8 Å². The summed E-state index contributed by atoms with van der Waals surface area (Å²) in [5.41, 5.74) is 0. The van der Waals surface area contributed by atoms with E-state index in [2.05, 4.69) is 58.5 Å². The van der Waals surface area contributed by atoms with E-state index in [0.717, 1.165) is 18.8 Å². The van der Waals surface area contributed by atoms with Gasteiger partial charge in [0.05, 0.1) is 0 Å². The SMILES string of the molecule is CCC(Br)CCNCCSc1ccccc1. The second kappa shape index (κ2) is 9.08. The van der Waals surface area contributed by atoms with E-state index in [0.29, 0.717) is 4.83 Å². The Morgan fingerprint density at radius 2 is 2.00 bits per heavy atom. The van der Waals surface area contributed by atoms with Crippen molar-refractivity contribution in [1.82, 2.24) is 5.32 Å². The molecule has 1 nitrogen and oxygen atoms in total. The molecule has 16 heavy (non-hydrogen) atoms. The lowest BCUT2D eigenvalue weighted by Crippen LogP contribution is -2.20. The summed E-state index contributed by atoms with van der Waals surface area (Å²) in [6.07, 6.45) is 2.42. The Hall–Kier alpha value is 0.0100. The van der Waals surface area contributed by atoms with Gasteiger partial charge in [0.2, 0.25) is 0 Å². The lowest BCUT2D eigenvalue weighted by atomic mass is 10.2.